The van der Waals surface area contributed by atoms with Gasteiger partial charge < -0.3 is 10.6 Å². The molecule has 1 atom stereocenters. The van der Waals surface area contributed by atoms with Crippen LogP contribution in [0.1, 0.15) is 18.0 Å². The van der Waals surface area contributed by atoms with Crippen molar-refractivity contribution < 1.29 is 4.79 Å². The van der Waals surface area contributed by atoms with Crippen molar-refractivity contribution in [2.45, 2.75) is 12.3 Å². The third-order valence-electron chi connectivity index (χ3n) is 3.24. The predicted octanol–water partition coefficient (Wildman–Crippen LogP) is 3.01. The number of hydrogen-bond acceptors (Lipinski definition) is 4. The third kappa shape index (κ3) is 2.37. The molecular weight excluding hydrogens is 326 g/mol. The normalized spacial score (nSPS) is 19.1. The van der Waals surface area contributed by atoms with Crippen LogP contribution in [-0.2, 0) is 4.79 Å². The van der Waals surface area contributed by atoms with Crippen molar-refractivity contribution >= 4 is 44.0 Å². The average Bonchev–Trinajstić information content (AvgIpc) is 2.97. The van der Waals surface area contributed by atoms with E-state index in [1.807, 2.05) is 34.5 Å². The summed E-state index contributed by atoms with van der Waals surface area (Å²) in [6.45, 7) is 0.725. The maximum atomic E-state index is 12.4. The quantitative estimate of drug-likeness (QED) is 0.916. The molecule has 0 saturated carbocycles. The largest absolute Gasteiger partial charge is 0.375 e. The molecule has 1 aliphatic heterocycles. The first-order valence-electron chi connectivity index (χ1n) is 5.93. The molecule has 19 heavy (non-hydrogen) atoms. The van der Waals surface area contributed by atoms with Gasteiger partial charge in [0.05, 0.1) is 11.6 Å². The Morgan fingerprint density at radius 2 is 2.11 bits per heavy atom. The number of nitrogen functional groups attached to an aromatic ring is 1. The van der Waals surface area contributed by atoms with E-state index in [0.29, 0.717) is 5.13 Å². The van der Waals surface area contributed by atoms with Crippen LogP contribution in [0.3, 0.4) is 0 Å². The van der Waals surface area contributed by atoms with Crippen molar-refractivity contribution in [3.05, 3.63) is 39.8 Å². The van der Waals surface area contributed by atoms with Gasteiger partial charge in [0.15, 0.2) is 5.13 Å². The summed E-state index contributed by atoms with van der Waals surface area (Å²) in [5.41, 5.74) is 7.36. The van der Waals surface area contributed by atoms with Gasteiger partial charge >= 0.3 is 0 Å². The summed E-state index contributed by atoms with van der Waals surface area (Å²) in [5.74, 6) is -0.0511. The lowest BCUT2D eigenvalue weighted by molar-refractivity contribution is -0.118. The van der Waals surface area contributed by atoms with Gasteiger partial charge in [-0.2, -0.15) is 0 Å². The van der Waals surface area contributed by atoms with Gasteiger partial charge in [0.25, 0.3) is 0 Å². The summed E-state index contributed by atoms with van der Waals surface area (Å²) in [5, 5.41) is 2.40. The van der Waals surface area contributed by atoms with Crippen LogP contribution in [-0.4, -0.2) is 17.4 Å². The Hall–Kier alpha value is -1.40. The molecule has 0 radical (unpaired) electrons. The van der Waals surface area contributed by atoms with E-state index in [4.69, 9.17) is 5.73 Å². The van der Waals surface area contributed by atoms with E-state index in [9.17, 15) is 4.79 Å². The smallest absolute Gasteiger partial charge is 0.236 e. The van der Waals surface area contributed by atoms with Gasteiger partial charge in [0.2, 0.25) is 5.91 Å². The molecule has 2 heterocycles. The predicted molar refractivity (Wildman–Crippen MR) is 80.4 cm³/mol. The summed E-state index contributed by atoms with van der Waals surface area (Å²) in [6, 6.07) is 7.77. The van der Waals surface area contributed by atoms with E-state index in [0.717, 1.165) is 28.8 Å². The maximum Gasteiger partial charge on any atom is 0.236 e. The van der Waals surface area contributed by atoms with Crippen molar-refractivity contribution in [1.82, 2.24) is 4.98 Å². The molecule has 4 nitrogen and oxygen atoms in total. The molecule has 1 amide bonds. The molecular formula is C13H12BrN3OS. The van der Waals surface area contributed by atoms with Crippen LogP contribution in [0.5, 0.6) is 0 Å². The first-order valence-corrected chi connectivity index (χ1v) is 7.60. The van der Waals surface area contributed by atoms with Crippen molar-refractivity contribution in [2.24, 2.45) is 0 Å². The van der Waals surface area contributed by atoms with Crippen LogP contribution < -0.4 is 10.6 Å². The van der Waals surface area contributed by atoms with Crippen molar-refractivity contribution in [3.8, 4) is 0 Å². The van der Waals surface area contributed by atoms with Crippen LogP contribution >= 0.6 is 27.3 Å². The lowest BCUT2D eigenvalue weighted by Crippen LogP contribution is -2.26. The molecule has 1 saturated heterocycles. The molecule has 1 unspecified atom stereocenters. The van der Waals surface area contributed by atoms with Crippen LogP contribution in [0, 0.1) is 0 Å². The van der Waals surface area contributed by atoms with Gasteiger partial charge in [-0.25, -0.2) is 4.98 Å². The summed E-state index contributed by atoms with van der Waals surface area (Å²) >= 11 is 4.78. The van der Waals surface area contributed by atoms with Crippen molar-refractivity contribution in [1.29, 1.82) is 0 Å². The molecule has 0 aliphatic carbocycles. The topological polar surface area (TPSA) is 59.2 Å². The number of nitrogens with zero attached hydrogens (tertiary/aromatic N) is 2. The van der Waals surface area contributed by atoms with E-state index in [-0.39, 0.29) is 11.8 Å². The van der Waals surface area contributed by atoms with Gasteiger partial charge in [-0.15, -0.1) is 11.3 Å². The number of carbonyl (C=O) groups excluding carboxylic acids is 1. The highest BCUT2D eigenvalue weighted by Crippen LogP contribution is 2.33. The number of carbonyl (C=O) groups is 1. The average molecular weight is 338 g/mol. The first kappa shape index (κ1) is 12.6. The number of hydrogen-bond donors (Lipinski definition) is 1. The maximum absolute atomic E-state index is 12.4. The van der Waals surface area contributed by atoms with Crippen molar-refractivity contribution in [3.63, 3.8) is 0 Å². The highest BCUT2D eigenvalue weighted by Gasteiger charge is 2.35. The molecule has 2 N–H and O–H groups in total. The Morgan fingerprint density at radius 3 is 2.74 bits per heavy atom. The van der Waals surface area contributed by atoms with Gasteiger partial charge in [-0.05, 0) is 30.7 Å². The van der Waals surface area contributed by atoms with Crippen LogP contribution in [0.4, 0.5) is 10.8 Å². The molecule has 0 spiro atoms. The standard InChI is InChI=1S/C13H12BrN3OS/c14-8-1-3-9(4-2-8)17-6-5-10(12(17)18)11-7-19-13(15)16-11/h1-4,7,10H,5-6H2,(H2,15,16). The highest BCUT2D eigenvalue weighted by molar-refractivity contribution is 9.10. The van der Waals surface area contributed by atoms with E-state index >= 15 is 0 Å². The van der Waals surface area contributed by atoms with Gasteiger partial charge in [0, 0.05) is 22.1 Å². The SMILES string of the molecule is Nc1nc(C2CCN(c3ccc(Br)cc3)C2=O)cs1. The molecule has 1 aromatic heterocycles. The number of rotatable bonds is 2. The molecule has 98 valence electrons. The second-order valence-corrected chi connectivity index (χ2v) is 6.22. The summed E-state index contributed by atoms with van der Waals surface area (Å²) < 4.78 is 1.01. The summed E-state index contributed by atoms with van der Waals surface area (Å²) in [7, 11) is 0. The minimum absolute atomic E-state index is 0.104. The zero-order chi connectivity index (χ0) is 13.4. The second-order valence-electron chi connectivity index (χ2n) is 4.42. The monoisotopic (exact) mass is 337 g/mol. The van der Waals surface area contributed by atoms with Gasteiger partial charge in [-0.1, -0.05) is 15.9 Å². The van der Waals surface area contributed by atoms with Crippen LogP contribution in [0.15, 0.2) is 34.1 Å². The Labute approximate surface area is 123 Å². The fourth-order valence-corrected chi connectivity index (χ4v) is 3.17. The fourth-order valence-electron chi connectivity index (χ4n) is 2.29. The molecule has 6 heteroatoms. The molecule has 2 aromatic rings. The van der Waals surface area contributed by atoms with Gasteiger partial charge in [-0.3, -0.25) is 4.79 Å². The zero-order valence-corrected chi connectivity index (χ0v) is 12.4. The summed E-state index contributed by atoms with van der Waals surface area (Å²) in [6.07, 6.45) is 0.790. The minimum atomic E-state index is -0.155. The number of aromatic nitrogens is 1. The lowest BCUT2D eigenvalue weighted by atomic mass is 10.1. The first-order chi connectivity index (χ1) is 9.15. The number of halogens is 1. The molecule has 1 aromatic carbocycles. The number of amides is 1. The molecule has 1 fully saturated rings. The highest BCUT2D eigenvalue weighted by atomic mass is 79.9. The number of benzene rings is 1. The number of nitrogens with two attached hydrogens (primary N) is 1. The van der Waals surface area contributed by atoms with Crippen molar-refractivity contribution in [2.75, 3.05) is 17.2 Å². The molecule has 0 bridgehead atoms. The number of thiazole rings is 1. The Morgan fingerprint density at radius 1 is 1.37 bits per heavy atom. The van der Waals surface area contributed by atoms with Crippen LogP contribution in [0.25, 0.3) is 0 Å². The second kappa shape index (κ2) is 4.94. The Kier molecular flexibility index (Phi) is 3.28. The van der Waals surface area contributed by atoms with E-state index < -0.39 is 0 Å². The number of anilines is 2. The minimum Gasteiger partial charge on any atom is -0.375 e. The zero-order valence-electron chi connectivity index (χ0n) is 10.0. The van der Waals surface area contributed by atoms with Gasteiger partial charge in [0.1, 0.15) is 0 Å². The summed E-state index contributed by atoms with van der Waals surface area (Å²) in [4.78, 5) is 18.5. The van der Waals surface area contributed by atoms with Crippen LogP contribution in [0.2, 0.25) is 0 Å². The molecule has 1 aliphatic rings. The Balaban J connectivity index is 1.84. The third-order valence-corrected chi connectivity index (χ3v) is 4.46. The molecule has 3 rings (SSSR count). The van der Waals surface area contributed by atoms with E-state index in [1.54, 1.807) is 0 Å². The fraction of sp³-hybridized carbons (Fsp3) is 0.231. The van der Waals surface area contributed by atoms with E-state index in [2.05, 4.69) is 20.9 Å². The Bertz CT molecular complexity index is 611. The van der Waals surface area contributed by atoms with E-state index in [1.165, 1.54) is 11.3 Å². The lowest BCUT2D eigenvalue weighted by Gasteiger charge is -2.16.